The standard InChI is InChI=1S/C14H14N2O2S/c1-19-14-12(8-5-9-15-14)13(17)16-18-10-11-6-3-2-4-7-11/h2-9H,10H2,1H3,(H,16,17). The van der Waals surface area contributed by atoms with Crippen molar-refractivity contribution in [3.05, 3.63) is 59.8 Å². The average Bonchev–Trinajstić information content (AvgIpc) is 2.48. The molecule has 98 valence electrons. The first kappa shape index (κ1) is 13.6. The first-order valence-electron chi connectivity index (χ1n) is 5.76. The second kappa shape index (κ2) is 6.92. The lowest BCUT2D eigenvalue weighted by Gasteiger charge is -2.08. The first-order chi connectivity index (χ1) is 9.31. The fourth-order valence-corrected chi connectivity index (χ4v) is 2.09. The second-order valence-corrected chi connectivity index (χ2v) is 4.56. The van der Waals surface area contributed by atoms with Crippen molar-refractivity contribution in [3.8, 4) is 0 Å². The SMILES string of the molecule is CSc1ncccc1C(=O)NOCc1ccccc1. The number of carbonyl (C=O) groups excluding carboxylic acids is 1. The number of benzene rings is 1. The third-order valence-electron chi connectivity index (χ3n) is 2.46. The second-order valence-electron chi connectivity index (χ2n) is 3.77. The van der Waals surface area contributed by atoms with E-state index in [0.29, 0.717) is 17.2 Å². The molecule has 1 aromatic carbocycles. The van der Waals surface area contributed by atoms with E-state index >= 15 is 0 Å². The van der Waals surface area contributed by atoms with Gasteiger partial charge in [0.1, 0.15) is 5.03 Å². The first-order valence-corrected chi connectivity index (χ1v) is 6.99. The lowest BCUT2D eigenvalue weighted by molar-refractivity contribution is 0.0230. The van der Waals surface area contributed by atoms with Gasteiger partial charge in [0.05, 0.1) is 12.2 Å². The summed E-state index contributed by atoms with van der Waals surface area (Å²) in [4.78, 5) is 21.3. The van der Waals surface area contributed by atoms with E-state index < -0.39 is 0 Å². The zero-order valence-corrected chi connectivity index (χ0v) is 11.3. The Hall–Kier alpha value is -1.85. The summed E-state index contributed by atoms with van der Waals surface area (Å²) in [6.07, 6.45) is 3.54. The minimum Gasteiger partial charge on any atom is -0.269 e. The maximum Gasteiger partial charge on any atom is 0.277 e. The number of rotatable bonds is 5. The Labute approximate surface area is 116 Å². The highest BCUT2D eigenvalue weighted by atomic mass is 32.2. The number of pyridine rings is 1. The topological polar surface area (TPSA) is 51.2 Å². The number of nitrogens with zero attached hydrogens (tertiary/aromatic N) is 1. The molecular formula is C14H14N2O2S. The molecule has 2 aromatic rings. The molecule has 2 rings (SSSR count). The zero-order valence-electron chi connectivity index (χ0n) is 10.5. The number of hydrogen-bond donors (Lipinski definition) is 1. The smallest absolute Gasteiger partial charge is 0.269 e. The molecule has 0 saturated heterocycles. The van der Waals surface area contributed by atoms with Crippen LogP contribution in [0, 0.1) is 0 Å². The van der Waals surface area contributed by atoms with Crippen LogP contribution in [0.2, 0.25) is 0 Å². The van der Waals surface area contributed by atoms with Crippen molar-refractivity contribution in [3.63, 3.8) is 0 Å². The molecule has 0 spiro atoms. The highest BCUT2D eigenvalue weighted by molar-refractivity contribution is 7.98. The molecular weight excluding hydrogens is 260 g/mol. The van der Waals surface area contributed by atoms with Gasteiger partial charge in [-0.1, -0.05) is 30.3 Å². The van der Waals surface area contributed by atoms with Gasteiger partial charge in [-0.05, 0) is 24.0 Å². The predicted molar refractivity (Wildman–Crippen MR) is 74.7 cm³/mol. The lowest BCUT2D eigenvalue weighted by atomic mass is 10.2. The van der Waals surface area contributed by atoms with Crippen molar-refractivity contribution in [2.75, 3.05) is 6.26 Å². The van der Waals surface area contributed by atoms with E-state index in [9.17, 15) is 4.79 Å². The number of hydrogen-bond acceptors (Lipinski definition) is 4. The van der Waals surface area contributed by atoms with Crippen molar-refractivity contribution < 1.29 is 9.63 Å². The van der Waals surface area contributed by atoms with E-state index in [-0.39, 0.29) is 5.91 Å². The van der Waals surface area contributed by atoms with Crippen LogP contribution in [-0.2, 0) is 11.4 Å². The highest BCUT2D eigenvalue weighted by Crippen LogP contribution is 2.16. The molecule has 0 fully saturated rings. The van der Waals surface area contributed by atoms with E-state index in [2.05, 4.69) is 10.5 Å². The van der Waals surface area contributed by atoms with Gasteiger partial charge in [0.2, 0.25) is 0 Å². The molecule has 5 heteroatoms. The highest BCUT2D eigenvalue weighted by Gasteiger charge is 2.11. The number of thioether (sulfide) groups is 1. The Kier molecular flexibility index (Phi) is 4.94. The fourth-order valence-electron chi connectivity index (χ4n) is 1.54. The van der Waals surface area contributed by atoms with Gasteiger partial charge in [0, 0.05) is 6.20 Å². The van der Waals surface area contributed by atoms with Crippen LogP contribution in [0.4, 0.5) is 0 Å². The minimum absolute atomic E-state index is 0.284. The summed E-state index contributed by atoms with van der Waals surface area (Å²) in [7, 11) is 0. The van der Waals surface area contributed by atoms with Crippen LogP contribution < -0.4 is 5.48 Å². The minimum atomic E-state index is -0.284. The van der Waals surface area contributed by atoms with E-state index in [1.54, 1.807) is 18.3 Å². The zero-order chi connectivity index (χ0) is 13.5. The molecule has 0 radical (unpaired) electrons. The molecule has 0 aliphatic rings. The molecule has 1 amide bonds. The van der Waals surface area contributed by atoms with Gasteiger partial charge in [0.25, 0.3) is 5.91 Å². The number of amides is 1. The van der Waals surface area contributed by atoms with Gasteiger partial charge in [-0.3, -0.25) is 9.63 Å². The third-order valence-corrected chi connectivity index (χ3v) is 3.17. The maximum atomic E-state index is 11.9. The number of aromatic nitrogens is 1. The van der Waals surface area contributed by atoms with Crippen molar-refractivity contribution in [1.82, 2.24) is 10.5 Å². The van der Waals surface area contributed by atoms with Crippen LogP contribution in [0.15, 0.2) is 53.7 Å². The molecule has 1 N–H and O–H groups in total. The normalized spacial score (nSPS) is 10.2. The van der Waals surface area contributed by atoms with Crippen molar-refractivity contribution in [2.45, 2.75) is 11.6 Å². The Morgan fingerprint density at radius 2 is 2.05 bits per heavy atom. The third kappa shape index (κ3) is 3.81. The average molecular weight is 274 g/mol. The van der Waals surface area contributed by atoms with Crippen LogP contribution in [0.25, 0.3) is 0 Å². The summed E-state index contributed by atoms with van der Waals surface area (Å²) >= 11 is 1.43. The molecule has 1 heterocycles. The van der Waals surface area contributed by atoms with Gasteiger partial charge >= 0.3 is 0 Å². The largest absolute Gasteiger partial charge is 0.277 e. The van der Waals surface area contributed by atoms with Crippen LogP contribution in [0.3, 0.4) is 0 Å². The molecule has 0 atom stereocenters. The summed E-state index contributed by atoms with van der Waals surface area (Å²) in [5.74, 6) is -0.284. The maximum absolute atomic E-state index is 11.9. The van der Waals surface area contributed by atoms with Gasteiger partial charge in [0.15, 0.2) is 0 Å². The van der Waals surface area contributed by atoms with Crippen molar-refractivity contribution >= 4 is 17.7 Å². The van der Waals surface area contributed by atoms with Gasteiger partial charge in [-0.15, -0.1) is 11.8 Å². The van der Waals surface area contributed by atoms with E-state index in [1.807, 2.05) is 36.6 Å². The molecule has 0 unspecified atom stereocenters. The van der Waals surface area contributed by atoms with E-state index in [1.165, 1.54) is 11.8 Å². The Morgan fingerprint density at radius 1 is 1.26 bits per heavy atom. The van der Waals surface area contributed by atoms with Crippen LogP contribution in [0.5, 0.6) is 0 Å². The molecule has 1 aromatic heterocycles. The van der Waals surface area contributed by atoms with Gasteiger partial charge < -0.3 is 0 Å². The molecule has 0 bridgehead atoms. The quantitative estimate of drug-likeness (QED) is 0.672. The lowest BCUT2D eigenvalue weighted by Crippen LogP contribution is -2.24. The summed E-state index contributed by atoms with van der Waals surface area (Å²) in [6.45, 7) is 0.335. The predicted octanol–water partition coefficient (Wildman–Crippen LogP) is 2.67. The molecule has 4 nitrogen and oxygen atoms in total. The van der Waals surface area contributed by atoms with E-state index in [4.69, 9.17) is 4.84 Å². The van der Waals surface area contributed by atoms with Crippen molar-refractivity contribution in [1.29, 1.82) is 0 Å². The van der Waals surface area contributed by atoms with Crippen LogP contribution in [-0.4, -0.2) is 17.1 Å². The summed E-state index contributed by atoms with van der Waals surface area (Å²) < 4.78 is 0. The monoisotopic (exact) mass is 274 g/mol. The van der Waals surface area contributed by atoms with E-state index in [0.717, 1.165) is 5.56 Å². The summed E-state index contributed by atoms with van der Waals surface area (Å²) in [5, 5.41) is 0.684. The fraction of sp³-hybridized carbons (Fsp3) is 0.143. The van der Waals surface area contributed by atoms with Crippen LogP contribution in [0.1, 0.15) is 15.9 Å². The van der Waals surface area contributed by atoms with Crippen molar-refractivity contribution in [2.24, 2.45) is 0 Å². The number of nitrogens with one attached hydrogen (secondary N) is 1. The Morgan fingerprint density at radius 3 is 2.79 bits per heavy atom. The summed E-state index contributed by atoms with van der Waals surface area (Å²) in [5.41, 5.74) is 3.95. The Balaban J connectivity index is 1.91. The number of carbonyl (C=O) groups is 1. The number of hydroxylamine groups is 1. The van der Waals surface area contributed by atoms with Crippen LogP contribution >= 0.6 is 11.8 Å². The molecule has 19 heavy (non-hydrogen) atoms. The van der Waals surface area contributed by atoms with Gasteiger partial charge in [-0.2, -0.15) is 0 Å². The molecule has 0 aliphatic heterocycles. The Bertz CT molecular complexity index is 546. The van der Waals surface area contributed by atoms with Gasteiger partial charge in [-0.25, -0.2) is 10.5 Å². The summed E-state index contributed by atoms with van der Waals surface area (Å²) in [6, 6.07) is 13.1. The molecule has 0 saturated carbocycles. The molecule has 0 aliphatic carbocycles.